The zero-order valence-corrected chi connectivity index (χ0v) is 12.8. The lowest BCUT2D eigenvalue weighted by Crippen LogP contribution is -2.41. The van der Waals surface area contributed by atoms with Crippen LogP contribution in [0.4, 0.5) is 5.69 Å². The zero-order chi connectivity index (χ0) is 16.2. The summed E-state index contributed by atoms with van der Waals surface area (Å²) in [6.07, 6.45) is 3.67. The number of furan rings is 1. The van der Waals surface area contributed by atoms with E-state index in [4.69, 9.17) is 4.42 Å². The van der Waals surface area contributed by atoms with Crippen molar-refractivity contribution in [2.75, 3.05) is 0 Å². The first-order valence-corrected chi connectivity index (χ1v) is 7.89. The van der Waals surface area contributed by atoms with Crippen molar-refractivity contribution in [1.29, 1.82) is 0 Å². The SMILES string of the molecule is O=[N+]([O-])c1ccccc1-c1ccc(CN[C@H]2CCCC[C@@H]2O)o1. The number of para-hydroxylation sites is 1. The van der Waals surface area contributed by atoms with E-state index in [9.17, 15) is 15.2 Å². The molecule has 0 amide bonds. The van der Waals surface area contributed by atoms with Gasteiger partial charge in [-0.2, -0.15) is 0 Å². The Morgan fingerprint density at radius 1 is 1.22 bits per heavy atom. The van der Waals surface area contributed by atoms with Gasteiger partial charge in [0.2, 0.25) is 0 Å². The Labute approximate surface area is 134 Å². The molecule has 0 unspecified atom stereocenters. The third-order valence-corrected chi connectivity index (χ3v) is 4.30. The summed E-state index contributed by atoms with van der Waals surface area (Å²) < 4.78 is 5.74. The van der Waals surface area contributed by atoms with Crippen molar-refractivity contribution in [3.8, 4) is 11.3 Å². The van der Waals surface area contributed by atoms with Gasteiger partial charge in [-0.15, -0.1) is 0 Å². The molecule has 0 radical (unpaired) electrons. The molecule has 1 heterocycles. The van der Waals surface area contributed by atoms with Gasteiger partial charge in [0.05, 0.1) is 23.1 Å². The lowest BCUT2D eigenvalue weighted by atomic mass is 9.92. The highest BCUT2D eigenvalue weighted by Crippen LogP contribution is 2.31. The molecule has 0 aliphatic heterocycles. The summed E-state index contributed by atoms with van der Waals surface area (Å²) in [5.41, 5.74) is 0.505. The van der Waals surface area contributed by atoms with Gasteiger partial charge < -0.3 is 14.8 Å². The molecule has 1 aromatic heterocycles. The van der Waals surface area contributed by atoms with E-state index in [2.05, 4.69) is 5.32 Å². The van der Waals surface area contributed by atoms with Gasteiger partial charge in [0.15, 0.2) is 0 Å². The average molecular weight is 316 g/mol. The minimum Gasteiger partial charge on any atom is -0.459 e. The molecular formula is C17H20N2O4. The smallest absolute Gasteiger partial charge is 0.280 e. The standard InChI is InChI=1S/C17H20N2O4/c20-16-8-4-2-6-14(16)18-11-12-9-10-17(23-12)13-5-1-3-7-15(13)19(21)22/h1,3,5,7,9-10,14,16,18,20H,2,4,6,8,11H2/t14-,16-/m0/s1. The average Bonchev–Trinajstić information content (AvgIpc) is 3.03. The Morgan fingerprint density at radius 2 is 2.00 bits per heavy atom. The van der Waals surface area contributed by atoms with Crippen LogP contribution in [-0.4, -0.2) is 22.2 Å². The summed E-state index contributed by atoms with van der Waals surface area (Å²) in [5.74, 6) is 1.19. The molecule has 0 bridgehead atoms. The number of hydrogen-bond donors (Lipinski definition) is 2. The largest absolute Gasteiger partial charge is 0.459 e. The van der Waals surface area contributed by atoms with E-state index < -0.39 is 4.92 Å². The van der Waals surface area contributed by atoms with Crippen LogP contribution in [0.15, 0.2) is 40.8 Å². The first-order chi connectivity index (χ1) is 11.1. The molecule has 0 saturated heterocycles. The van der Waals surface area contributed by atoms with Crippen LogP contribution in [-0.2, 0) is 6.54 Å². The number of nitro benzene ring substituents is 1. The van der Waals surface area contributed by atoms with Crippen LogP contribution in [0.1, 0.15) is 31.4 Å². The Kier molecular flexibility index (Phi) is 4.73. The molecule has 3 rings (SSSR count). The lowest BCUT2D eigenvalue weighted by molar-refractivity contribution is -0.384. The second-order valence-corrected chi connectivity index (χ2v) is 5.88. The fourth-order valence-corrected chi connectivity index (χ4v) is 3.04. The molecule has 6 nitrogen and oxygen atoms in total. The normalized spacial score (nSPS) is 21.3. The molecule has 2 aromatic rings. The summed E-state index contributed by atoms with van der Waals surface area (Å²) in [7, 11) is 0. The van der Waals surface area contributed by atoms with Crippen LogP contribution >= 0.6 is 0 Å². The summed E-state index contributed by atoms with van der Waals surface area (Å²) in [5, 5.41) is 24.4. The van der Waals surface area contributed by atoms with Crippen molar-refractivity contribution in [1.82, 2.24) is 5.32 Å². The maximum Gasteiger partial charge on any atom is 0.280 e. The molecular weight excluding hydrogens is 296 g/mol. The van der Waals surface area contributed by atoms with Gasteiger partial charge in [0.25, 0.3) is 5.69 Å². The van der Waals surface area contributed by atoms with E-state index in [1.165, 1.54) is 6.07 Å². The Morgan fingerprint density at radius 3 is 2.78 bits per heavy atom. The van der Waals surface area contributed by atoms with Crippen molar-refractivity contribution >= 4 is 5.69 Å². The topological polar surface area (TPSA) is 88.5 Å². The molecule has 23 heavy (non-hydrogen) atoms. The highest BCUT2D eigenvalue weighted by atomic mass is 16.6. The molecule has 0 spiro atoms. The Hall–Kier alpha value is -2.18. The quantitative estimate of drug-likeness (QED) is 0.653. The van der Waals surface area contributed by atoms with Gasteiger partial charge in [-0.1, -0.05) is 25.0 Å². The predicted molar refractivity (Wildman–Crippen MR) is 85.9 cm³/mol. The molecule has 6 heteroatoms. The number of hydrogen-bond acceptors (Lipinski definition) is 5. The van der Waals surface area contributed by atoms with E-state index >= 15 is 0 Å². The summed E-state index contributed by atoms with van der Waals surface area (Å²) in [4.78, 5) is 10.7. The molecule has 1 aromatic carbocycles. The van der Waals surface area contributed by atoms with Crippen molar-refractivity contribution < 1.29 is 14.4 Å². The highest BCUT2D eigenvalue weighted by Gasteiger charge is 2.23. The second kappa shape index (κ2) is 6.93. The maximum absolute atomic E-state index is 11.1. The number of nitro groups is 1. The van der Waals surface area contributed by atoms with Crippen molar-refractivity contribution in [2.24, 2.45) is 0 Å². The van der Waals surface area contributed by atoms with Crippen LogP contribution in [0.3, 0.4) is 0 Å². The first-order valence-electron chi connectivity index (χ1n) is 7.89. The molecule has 1 aliphatic carbocycles. The van der Waals surface area contributed by atoms with Gasteiger partial charge in [-0.05, 0) is 31.0 Å². The highest BCUT2D eigenvalue weighted by molar-refractivity contribution is 5.69. The fraction of sp³-hybridized carbons (Fsp3) is 0.412. The minimum absolute atomic E-state index is 0.0315. The van der Waals surface area contributed by atoms with Crippen LogP contribution in [0.5, 0.6) is 0 Å². The number of nitrogens with zero attached hydrogens (tertiary/aromatic N) is 1. The van der Waals surface area contributed by atoms with Gasteiger partial charge in [-0.3, -0.25) is 10.1 Å². The lowest BCUT2D eigenvalue weighted by Gasteiger charge is -2.28. The number of rotatable bonds is 5. The molecule has 1 saturated carbocycles. The molecule has 1 aliphatic rings. The van der Waals surface area contributed by atoms with Gasteiger partial charge in [-0.25, -0.2) is 0 Å². The number of aliphatic hydroxyl groups excluding tert-OH is 1. The van der Waals surface area contributed by atoms with Crippen molar-refractivity contribution in [3.05, 3.63) is 52.3 Å². The summed E-state index contributed by atoms with van der Waals surface area (Å²) in [6, 6.07) is 10.2. The van der Waals surface area contributed by atoms with E-state index in [1.807, 2.05) is 6.07 Å². The predicted octanol–water partition coefficient (Wildman–Crippen LogP) is 3.25. The minimum atomic E-state index is -0.409. The van der Waals surface area contributed by atoms with Crippen molar-refractivity contribution in [2.45, 2.75) is 44.4 Å². The number of aliphatic hydroxyl groups is 1. The molecule has 2 atom stereocenters. The van der Waals surface area contributed by atoms with E-state index in [1.54, 1.807) is 24.3 Å². The summed E-state index contributed by atoms with van der Waals surface area (Å²) >= 11 is 0. The monoisotopic (exact) mass is 316 g/mol. The maximum atomic E-state index is 11.1. The molecule has 122 valence electrons. The first kappa shape index (κ1) is 15.7. The van der Waals surface area contributed by atoms with Crippen molar-refractivity contribution in [3.63, 3.8) is 0 Å². The third kappa shape index (κ3) is 3.60. The van der Waals surface area contributed by atoms with Crippen LogP contribution < -0.4 is 5.32 Å². The number of benzene rings is 1. The Balaban J connectivity index is 1.70. The van der Waals surface area contributed by atoms with Gasteiger partial charge in [0, 0.05) is 12.1 Å². The fourth-order valence-electron chi connectivity index (χ4n) is 3.04. The van der Waals surface area contributed by atoms with Gasteiger partial charge >= 0.3 is 0 Å². The van der Waals surface area contributed by atoms with Crippen LogP contribution in [0.2, 0.25) is 0 Å². The molecule has 1 fully saturated rings. The van der Waals surface area contributed by atoms with Crippen LogP contribution in [0.25, 0.3) is 11.3 Å². The Bertz CT molecular complexity index is 683. The number of nitrogens with one attached hydrogen (secondary N) is 1. The van der Waals surface area contributed by atoms with Crippen LogP contribution in [0, 0.1) is 10.1 Å². The second-order valence-electron chi connectivity index (χ2n) is 5.88. The van der Waals surface area contributed by atoms with E-state index in [0.717, 1.165) is 25.7 Å². The third-order valence-electron chi connectivity index (χ3n) is 4.30. The van der Waals surface area contributed by atoms with E-state index in [0.29, 0.717) is 23.6 Å². The summed E-state index contributed by atoms with van der Waals surface area (Å²) in [6.45, 7) is 0.502. The van der Waals surface area contributed by atoms with Gasteiger partial charge in [0.1, 0.15) is 11.5 Å². The van der Waals surface area contributed by atoms with E-state index in [-0.39, 0.29) is 17.8 Å². The molecule has 2 N–H and O–H groups in total. The zero-order valence-electron chi connectivity index (χ0n) is 12.8.